The molecule has 1 rings (SSSR count). The van der Waals surface area contributed by atoms with Crippen molar-refractivity contribution in [3.8, 4) is 0 Å². The van der Waals surface area contributed by atoms with Crippen LogP contribution in [0.5, 0.6) is 0 Å². The van der Waals surface area contributed by atoms with Crippen LogP contribution in [-0.2, 0) is 11.2 Å². The lowest BCUT2D eigenvalue weighted by atomic mass is 10.2. The summed E-state index contributed by atoms with van der Waals surface area (Å²) < 4.78 is 0. The zero-order valence-electron chi connectivity index (χ0n) is 7.25. The first-order chi connectivity index (χ1) is 6.27. The van der Waals surface area contributed by atoms with E-state index in [2.05, 4.69) is 15.5 Å². The van der Waals surface area contributed by atoms with E-state index in [1.165, 1.54) is 0 Å². The van der Waals surface area contributed by atoms with E-state index in [1.54, 1.807) is 6.07 Å². The van der Waals surface area contributed by atoms with Gasteiger partial charge in [0.05, 0.1) is 0 Å². The van der Waals surface area contributed by atoms with Crippen molar-refractivity contribution in [1.82, 2.24) is 10.2 Å². The van der Waals surface area contributed by atoms with Gasteiger partial charge in [0.25, 0.3) is 0 Å². The molecule has 0 aliphatic carbocycles. The van der Waals surface area contributed by atoms with Crippen LogP contribution in [0.1, 0.15) is 18.9 Å². The fourth-order valence-corrected chi connectivity index (χ4v) is 1.18. The molecule has 0 spiro atoms. The highest BCUT2D eigenvalue weighted by molar-refractivity contribution is 6.30. The average Bonchev–Trinajstić information content (AvgIpc) is 2.12. The molecule has 13 heavy (non-hydrogen) atoms. The molecule has 0 saturated carbocycles. The first-order valence-corrected chi connectivity index (χ1v) is 4.38. The minimum absolute atomic E-state index is 0.401. The Morgan fingerprint density at radius 2 is 2.38 bits per heavy atom. The Balaban J connectivity index is 2.89. The molecular weight excluding hydrogens is 190 g/mol. The summed E-state index contributed by atoms with van der Waals surface area (Å²) in [6.07, 6.45) is 2.38. The van der Waals surface area contributed by atoms with Gasteiger partial charge >= 0.3 is 0 Å². The lowest BCUT2D eigenvalue weighted by Gasteiger charge is -2.02. The maximum atomic E-state index is 10.1. The van der Waals surface area contributed by atoms with Crippen LogP contribution >= 0.6 is 11.6 Å². The third kappa shape index (κ3) is 2.66. The fraction of sp³-hybridized carbons (Fsp3) is 0.375. The Morgan fingerprint density at radius 1 is 1.62 bits per heavy atom. The molecule has 1 N–H and O–H groups in total. The normalized spacial score (nSPS) is 9.69. The van der Waals surface area contributed by atoms with Gasteiger partial charge in [0, 0.05) is 0 Å². The molecule has 1 heterocycles. The van der Waals surface area contributed by atoms with E-state index < -0.39 is 0 Å². The number of anilines is 1. The van der Waals surface area contributed by atoms with Crippen molar-refractivity contribution in [2.75, 3.05) is 5.32 Å². The maximum absolute atomic E-state index is 10.1. The molecule has 1 aromatic heterocycles. The van der Waals surface area contributed by atoms with Crippen molar-refractivity contribution in [3.05, 3.63) is 16.8 Å². The molecule has 0 fully saturated rings. The van der Waals surface area contributed by atoms with Gasteiger partial charge < -0.3 is 5.32 Å². The minimum atomic E-state index is 0.401. The second-order valence-corrected chi connectivity index (χ2v) is 2.92. The van der Waals surface area contributed by atoms with Crippen LogP contribution in [0.4, 0.5) is 5.82 Å². The molecule has 0 saturated heterocycles. The highest BCUT2D eigenvalue weighted by Crippen LogP contribution is 2.16. The van der Waals surface area contributed by atoms with Gasteiger partial charge in [0.1, 0.15) is 0 Å². The molecule has 0 aliphatic heterocycles. The lowest BCUT2D eigenvalue weighted by Crippen LogP contribution is -2.00. The zero-order valence-corrected chi connectivity index (χ0v) is 8.01. The van der Waals surface area contributed by atoms with Gasteiger partial charge in [0.2, 0.25) is 6.41 Å². The van der Waals surface area contributed by atoms with Crippen LogP contribution in [0.3, 0.4) is 0 Å². The SMILES string of the molecule is CCCc1cc(NC=O)nnc1Cl. The number of halogens is 1. The van der Waals surface area contributed by atoms with Crippen molar-refractivity contribution >= 4 is 23.8 Å². The van der Waals surface area contributed by atoms with Gasteiger partial charge in [-0.2, -0.15) is 0 Å². The van der Waals surface area contributed by atoms with E-state index in [1.807, 2.05) is 6.92 Å². The van der Waals surface area contributed by atoms with Gasteiger partial charge in [-0.1, -0.05) is 24.9 Å². The van der Waals surface area contributed by atoms with Crippen molar-refractivity contribution in [2.45, 2.75) is 19.8 Å². The van der Waals surface area contributed by atoms with Gasteiger partial charge in [0.15, 0.2) is 11.0 Å². The predicted octanol–water partition coefficient (Wildman–Crippen LogP) is 1.65. The number of rotatable bonds is 4. The van der Waals surface area contributed by atoms with Crippen LogP contribution in [0.25, 0.3) is 0 Å². The summed E-state index contributed by atoms with van der Waals surface area (Å²) in [6, 6.07) is 1.73. The Kier molecular flexibility index (Phi) is 3.64. The summed E-state index contributed by atoms with van der Waals surface area (Å²) in [5.41, 5.74) is 0.906. The van der Waals surface area contributed by atoms with Crippen LogP contribution < -0.4 is 5.32 Å². The number of nitrogens with zero attached hydrogens (tertiary/aromatic N) is 2. The molecule has 1 aromatic rings. The second kappa shape index (κ2) is 4.77. The number of carbonyl (C=O) groups is 1. The summed E-state index contributed by atoms with van der Waals surface area (Å²) >= 11 is 5.79. The predicted molar refractivity (Wildman–Crippen MR) is 50.7 cm³/mol. The van der Waals surface area contributed by atoms with E-state index in [9.17, 15) is 4.79 Å². The zero-order chi connectivity index (χ0) is 9.68. The quantitative estimate of drug-likeness (QED) is 0.751. The van der Waals surface area contributed by atoms with Gasteiger partial charge in [-0.15, -0.1) is 10.2 Å². The van der Waals surface area contributed by atoms with Crippen molar-refractivity contribution in [2.24, 2.45) is 0 Å². The van der Waals surface area contributed by atoms with E-state index >= 15 is 0 Å². The van der Waals surface area contributed by atoms with Crippen LogP contribution in [-0.4, -0.2) is 16.6 Å². The molecule has 0 radical (unpaired) electrons. The summed E-state index contributed by atoms with van der Waals surface area (Å²) in [7, 11) is 0. The Labute approximate surface area is 81.3 Å². The molecule has 0 aliphatic rings. The largest absolute Gasteiger partial charge is 0.312 e. The van der Waals surface area contributed by atoms with Gasteiger partial charge in [-0.05, 0) is 18.1 Å². The number of aryl methyl sites for hydroxylation is 1. The summed E-state index contributed by atoms with van der Waals surface area (Å²) in [4.78, 5) is 10.1. The summed E-state index contributed by atoms with van der Waals surface area (Å²) in [5, 5.41) is 10.2. The number of aromatic nitrogens is 2. The summed E-state index contributed by atoms with van der Waals surface area (Å²) in [6.45, 7) is 2.05. The third-order valence-electron chi connectivity index (χ3n) is 1.55. The van der Waals surface area contributed by atoms with E-state index in [-0.39, 0.29) is 0 Å². The number of nitrogens with one attached hydrogen (secondary N) is 1. The van der Waals surface area contributed by atoms with Gasteiger partial charge in [-0.25, -0.2) is 0 Å². The minimum Gasteiger partial charge on any atom is -0.312 e. The van der Waals surface area contributed by atoms with E-state index in [0.717, 1.165) is 18.4 Å². The molecule has 1 amide bonds. The average molecular weight is 200 g/mol. The van der Waals surface area contributed by atoms with Crippen molar-refractivity contribution in [3.63, 3.8) is 0 Å². The first kappa shape index (κ1) is 9.92. The summed E-state index contributed by atoms with van der Waals surface area (Å²) in [5.74, 6) is 0.433. The topological polar surface area (TPSA) is 54.9 Å². The fourth-order valence-electron chi connectivity index (χ4n) is 0.991. The molecule has 0 atom stereocenters. The van der Waals surface area contributed by atoms with Crippen molar-refractivity contribution in [1.29, 1.82) is 0 Å². The van der Waals surface area contributed by atoms with Crippen molar-refractivity contribution < 1.29 is 4.79 Å². The number of carbonyl (C=O) groups excluding carboxylic acids is 1. The molecule has 0 unspecified atom stereocenters. The van der Waals surface area contributed by atoms with Crippen LogP contribution in [0.15, 0.2) is 6.07 Å². The smallest absolute Gasteiger partial charge is 0.212 e. The maximum Gasteiger partial charge on any atom is 0.212 e. The van der Waals surface area contributed by atoms with Gasteiger partial charge in [-0.3, -0.25) is 4.79 Å². The Bertz CT molecular complexity index is 303. The molecule has 5 heteroatoms. The molecule has 0 bridgehead atoms. The van der Waals surface area contributed by atoms with E-state index in [4.69, 9.17) is 11.6 Å². The third-order valence-corrected chi connectivity index (χ3v) is 1.87. The lowest BCUT2D eigenvalue weighted by molar-refractivity contribution is -0.105. The standard InChI is InChI=1S/C8H10ClN3O/c1-2-3-6-4-7(10-5-13)11-12-8(6)9/h4-5H,2-3H2,1H3,(H,10,11,13). The molecule has 0 aromatic carbocycles. The Morgan fingerprint density at radius 3 is 3.00 bits per heavy atom. The van der Waals surface area contributed by atoms with Crippen LogP contribution in [0, 0.1) is 0 Å². The van der Waals surface area contributed by atoms with Crippen LogP contribution in [0.2, 0.25) is 5.15 Å². The number of amides is 1. The second-order valence-electron chi connectivity index (χ2n) is 2.56. The monoisotopic (exact) mass is 199 g/mol. The number of hydrogen-bond acceptors (Lipinski definition) is 3. The van der Waals surface area contributed by atoms with E-state index in [0.29, 0.717) is 17.4 Å². The Hall–Kier alpha value is -1.16. The number of hydrogen-bond donors (Lipinski definition) is 1. The first-order valence-electron chi connectivity index (χ1n) is 4.00. The molecule has 70 valence electrons. The highest BCUT2D eigenvalue weighted by Gasteiger charge is 2.03. The highest BCUT2D eigenvalue weighted by atomic mass is 35.5. The molecule has 4 nitrogen and oxygen atoms in total. The molecular formula is C8H10ClN3O.